The van der Waals surface area contributed by atoms with Gasteiger partial charge >= 0.3 is 5.97 Å². The van der Waals surface area contributed by atoms with Gasteiger partial charge in [-0.25, -0.2) is 9.18 Å². The highest BCUT2D eigenvalue weighted by atomic mass is 19.1. The quantitative estimate of drug-likeness (QED) is 0.818. The van der Waals surface area contributed by atoms with Crippen LogP contribution in [0.1, 0.15) is 24.2 Å². The summed E-state index contributed by atoms with van der Waals surface area (Å²) in [5, 5.41) is 18.5. The normalized spacial score (nSPS) is 11.5. The summed E-state index contributed by atoms with van der Waals surface area (Å²) in [6, 6.07) is 3.84. The number of hydrogen-bond acceptors (Lipinski definition) is 5. The van der Waals surface area contributed by atoms with E-state index < -0.39 is 17.9 Å². The third-order valence-corrected chi connectivity index (χ3v) is 2.22. The molecule has 1 N–H and O–H groups in total. The first kappa shape index (κ1) is 13.9. The van der Waals surface area contributed by atoms with Crippen LogP contribution in [-0.4, -0.2) is 24.8 Å². The summed E-state index contributed by atoms with van der Waals surface area (Å²) < 4.78 is 22.9. The van der Waals surface area contributed by atoms with E-state index in [4.69, 9.17) is 10.00 Å². The zero-order chi connectivity index (χ0) is 13.7. The van der Waals surface area contributed by atoms with E-state index in [1.54, 1.807) is 13.0 Å². The van der Waals surface area contributed by atoms with E-state index in [0.717, 1.165) is 6.07 Å². The standard InChI is InChI=1S/C12H12FNO4/c1-3-18-12(16)10(15)7-4-8(6-14)11(17-2)9(13)5-7/h4-5,10,15H,3H2,1-2H3. The van der Waals surface area contributed by atoms with Crippen LogP contribution in [0.2, 0.25) is 0 Å². The largest absolute Gasteiger partial charge is 0.492 e. The van der Waals surface area contributed by atoms with Crippen molar-refractivity contribution in [2.45, 2.75) is 13.0 Å². The molecule has 0 spiro atoms. The number of nitrogens with zero attached hydrogens (tertiary/aromatic N) is 1. The molecule has 0 aliphatic carbocycles. The van der Waals surface area contributed by atoms with Crippen molar-refractivity contribution >= 4 is 5.97 Å². The monoisotopic (exact) mass is 253 g/mol. The van der Waals surface area contributed by atoms with Gasteiger partial charge in [-0.2, -0.15) is 5.26 Å². The molecule has 0 aromatic heterocycles. The number of methoxy groups -OCH3 is 1. The summed E-state index contributed by atoms with van der Waals surface area (Å²) in [5.41, 5.74) is -0.154. The lowest BCUT2D eigenvalue weighted by Gasteiger charge is -2.12. The Morgan fingerprint density at radius 3 is 2.78 bits per heavy atom. The molecular weight excluding hydrogens is 241 g/mol. The molecule has 1 aromatic rings. The minimum Gasteiger partial charge on any atom is -0.492 e. The molecule has 0 saturated heterocycles. The van der Waals surface area contributed by atoms with Gasteiger partial charge in [0, 0.05) is 0 Å². The fourth-order valence-electron chi connectivity index (χ4n) is 1.42. The molecule has 0 saturated carbocycles. The van der Waals surface area contributed by atoms with Crippen molar-refractivity contribution in [3.8, 4) is 11.8 Å². The summed E-state index contributed by atoms with van der Waals surface area (Å²) in [4.78, 5) is 11.3. The van der Waals surface area contributed by atoms with Crippen LogP contribution in [0.3, 0.4) is 0 Å². The fraction of sp³-hybridized carbons (Fsp3) is 0.333. The minimum atomic E-state index is -1.63. The Labute approximate surface area is 103 Å². The first-order chi connectivity index (χ1) is 8.54. The summed E-state index contributed by atoms with van der Waals surface area (Å²) in [7, 11) is 1.22. The van der Waals surface area contributed by atoms with Crippen LogP contribution >= 0.6 is 0 Å². The molecule has 0 bridgehead atoms. The topological polar surface area (TPSA) is 79.6 Å². The predicted octanol–water partition coefficient (Wildman–Crippen LogP) is 1.30. The number of aliphatic hydroxyl groups excluding tert-OH is 1. The molecule has 0 aliphatic rings. The van der Waals surface area contributed by atoms with E-state index in [-0.39, 0.29) is 23.5 Å². The van der Waals surface area contributed by atoms with Gasteiger partial charge in [-0.05, 0) is 24.6 Å². The summed E-state index contributed by atoms with van der Waals surface area (Å²) in [5.74, 6) is -1.95. The third kappa shape index (κ3) is 2.76. The molecule has 0 heterocycles. The van der Waals surface area contributed by atoms with Gasteiger partial charge in [0.15, 0.2) is 17.7 Å². The maximum atomic E-state index is 13.6. The third-order valence-electron chi connectivity index (χ3n) is 2.22. The molecule has 0 fully saturated rings. The van der Waals surface area contributed by atoms with Gasteiger partial charge in [0.25, 0.3) is 0 Å². The molecule has 1 unspecified atom stereocenters. The zero-order valence-corrected chi connectivity index (χ0v) is 9.94. The number of carbonyl (C=O) groups excluding carboxylic acids is 1. The van der Waals surface area contributed by atoms with Crippen LogP contribution in [0.4, 0.5) is 4.39 Å². The zero-order valence-electron chi connectivity index (χ0n) is 9.94. The van der Waals surface area contributed by atoms with Crippen molar-refractivity contribution in [3.63, 3.8) is 0 Å². The van der Waals surface area contributed by atoms with E-state index >= 15 is 0 Å². The number of aliphatic hydroxyl groups is 1. The maximum absolute atomic E-state index is 13.6. The number of benzene rings is 1. The number of halogens is 1. The van der Waals surface area contributed by atoms with Gasteiger partial charge in [0.2, 0.25) is 0 Å². The van der Waals surface area contributed by atoms with Crippen LogP contribution in [0, 0.1) is 17.1 Å². The van der Waals surface area contributed by atoms with E-state index in [1.165, 1.54) is 13.2 Å². The van der Waals surface area contributed by atoms with E-state index in [1.807, 2.05) is 0 Å². The van der Waals surface area contributed by atoms with Crippen LogP contribution in [0.5, 0.6) is 5.75 Å². The highest BCUT2D eigenvalue weighted by Crippen LogP contribution is 2.27. The average molecular weight is 253 g/mol. The number of carbonyl (C=O) groups is 1. The predicted molar refractivity (Wildman–Crippen MR) is 59.3 cm³/mol. The average Bonchev–Trinajstić information content (AvgIpc) is 2.36. The van der Waals surface area contributed by atoms with Crippen LogP contribution in [0.25, 0.3) is 0 Å². The van der Waals surface area contributed by atoms with Gasteiger partial charge in [-0.1, -0.05) is 0 Å². The minimum absolute atomic E-state index is 0.0525. The Hall–Kier alpha value is -2.13. The van der Waals surface area contributed by atoms with Gasteiger partial charge in [0.05, 0.1) is 19.3 Å². The van der Waals surface area contributed by atoms with Crippen molar-refractivity contribution in [1.29, 1.82) is 5.26 Å². The van der Waals surface area contributed by atoms with Crippen molar-refractivity contribution < 1.29 is 23.8 Å². The van der Waals surface area contributed by atoms with Crippen molar-refractivity contribution in [2.24, 2.45) is 0 Å². The van der Waals surface area contributed by atoms with E-state index in [2.05, 4.69) is 4.74 Å². The Balaban J connectivity index is 3.16. The lowest BCUT2D eigenvalue weighted by atomic mass is 10.1. The van der Waals surface area contributed by atoms with Crippen molar-refractivity contribution in [1.82, 2.24) is 0 Å². The Bertz CT molecular complexity index is 496. The number of esters is 1. The molecule has 1 atom stereocenters. The van der Waals surface area contributed by atoms with Crippen LogP contribution in [0.15, 0.2) is 12.1 Å². The highest BCUT2D eigenvalue weighted by Gasteiger charge is 2.22. The molecule has 96 valence electrons. The summed E-state index contributed by atoms with van der Waals surface area (Å²) in [6.07, 6.45) is -1.63. The van der Waals surface area contributed by atoms with Gasteiger partial charge in [0.1, 0.15) is 6.07 Å². The fourth-order valence-corrected chi connectivity index (χ4v) is 1.42. The second-order valence-corrected chi connectivity index (χ2v) is 3.35. The number of ether oxygens (including phenoxy) is 2. The second kappa shape index (κ2) is 5.98. The van der Waals surface area contributed by atoms with Gasteiger partial charge in [-0.3, -0.25) is 0 Å². The van der Waals surface area contributed by atoms with Crippen molar-refractivity contribution in [3.05, 3.63) is 29.1 Å². The molecule has 1 aromatic carbocycles. The van der Waals surface area contributed by atoms with E-state index in [9.17, 15) is 14.3 Å². The first-order valence-corrected chi connectivity index (χ1v) is 5.17. The molecule has 18 heavy (non-hydrogen) atoms. The SMILES string of the molecule is CCOC(=O)C(O)c1cc(F)c(OC)c(C#N)c1. The number of nitriles is 1. The lowest BCUT2D eigenvalue weighted by Crippen LogP contribution is -2.16. The summed E-state index contributed by atoms with van der Waals surface area (Å²) in [6.45, 7) is 1.68. The first-order valence-electron chi connectivity index (χ1n) is 5.17. The maximum Gasteiger partial charge on any atom is 0.339 e. The van der Waals surface area contributed by atoms with Crippen molar-refractivity contribution in [2.75, 3.05) is 13.7 Å². The second-order valence-electron chi connectivity index (χ2n) is 3.35. The highest BCUT2D eigenvalue weighted by molar-refractivity contribution is 5.76. The number of rotatable bonds is 4. The van der Waals surface area contributed by atoms with Gasteiger partial charge in [-0.15, -0.1) is 0 Å². The smallest absolute Gasteiger partial charge is 0.339 e. The van der Waals surface area contributed by atoms with E-state index in [0.29, 0.717) is 0 Å². The van der Waals surface area contributed by atoms with Crippen LogP contribution < -0.4 is 4.74 Å². The molecule has 6 heteroatoms. The van der Waals surface area contributed by atoms with Gasteiger partial charge < -0.3 is 14.6 Å². The Kier molecular flexibility index (Phi) is 4.63. The molecular formula is C12H12FNO4. The molecule has 1 rings (SSSR count). The van der Waals surface area contributed by atoms with Crippen LogP contribution in [-0.2, 0) is 9.53 Å². The number of hydrogen-bond donors (Lipinski definition) is 1. The molecule has 5 nitrogen and oxygen atoms in total. The summed E-state index contributed by atoms with van der Waals surface area (Å²) >= 11 is 0. The molecule has 0 amide bonds. The molecule has 0 radical (unpaired) electrons. The lowest BCUT2D eigenvalue weighted by molar-refractivity contribution is -0.153. The Morgan fingerprint density at radius 2 is 2.28 bits per heavy atom. The Morgan fingerprint density at radius 1 is 1.61 bits per heavy atom. The molecule has 0 aliphatic heterocycles.